The number of thiazole rings is 1. The van der Waals surface area contributed by atoms with Gasteiger partial charge < -0.3 is 5.32 Å². The molecule has 4 rings (SSSR count). The second-order valence-electron chi connectivity index (χ2n) is 6.32. The molecule has 134 valence electrons. The number of carbonyl (C=O) groups excluding carboxylic acids is 1. The Kier molecular flexibility index (Phi) is 5.36. The molecule has 1 amide bonds. The topological polar surface area (TPSA) is 59.8 Å². The molecule has 0 radical (unpaired) electrons. The second kappa shape index (κ2) is 8.05. The minimum absolute atomic E-state index is 0.0414. The first kappa shape index (κ1) is 17.3. The highest BCUT2D eigenvalue weighted by atomic mass is 32.2. The molecule has 0 unspecified atom stereocenters. The summed E-state index contributed by atoms with van der Waals surface area (Å²) in [6.45, 7) is 0. The van der Waals surface area contributed by atoms with Crippen LogP contribution >= 0.6 is 23.1 Å². The first-order valence-electron chi connectivity index (χ1n) is 8.77. The Morgan fingerprint density at radius 1 is 1.27 bits per heavy atom. The molecule has 2 heterocycles. The fourth-order valence-corrected chi connectivity index (χ4v) is 4.70. The van der Waals surface area contributed by atoms with Gasteiger partial charge in [-0.05, 0) is 25.0 Å². The fraction of sp³-hybridized carbons (Fsp3) is 0.316. The van der Waals surface area contributed by atoms with E-state index in [1.807, 2.05) is 46.5 Å². The number of anilines is 1. The molecule has 0 saturated heterocycles. The van der Waals surface area contributed by atoms with Crippen molar-refractivity contribution >= 4 is 34.8 Å². The summed E-state index contributed by atoms with van der Waals surface area (Å²) in [4.78, 5) is 16.6. The van der Waals surface area contributed by atoms with Gasteiger partial charge in [0.1, 0.15) is 10.2 Å². The van der Waals surface area contributed by atoms with E-state index in [0.717, 1.165) is 21.5 Å². The molecule has 1 N–H and O–H groups in total. The van der Waals surface area contributed by atoms with Crippen molar-refractivity contribution in [2.75, 3.05) is 11.1 Å². The number of carbonyl (C=O) groups is 1. The normalized spacial score (nSPS) is 14.6. The summed E-state index contributed by atoms with van der Waals surface area (Å²) in [7, 11) is 0. The number of aromatic nitrogens is 3. The van der Waals surface area contributed by atoms with E-state index in [1.165, 1.54) is 37.4 Å². The van der Waals surface area contributed by atoms with Gasteiger partial charge in [0.2, 0.25) is 5.91 Å². The molecule has 1 aliphatic carbocycles. The molecule has 7 heteroatoms. The average molecular weight is 385 g/mol. The molecule has 2 aromatic heterocycles. The lowest BCUT2D eigenvalue weighted by atomic mass is 10.0. The quantitative estimate of drug-likeness (QED) is 0.625. The van der Waals surface area contributed by atoms with Crippen molar-refractivity contribution in [3.8, 4) is 5.69 Å². The van der Waals surface area contributed by atoms with E-state index in [-0.39, 0.29) is 5.91 Å². The van der Waals surface area contributed by atoms with Crippen LogP contribution in [0.25, 0.3) is 5.69 Å². The molecule has 0 spiro atoms. The maximum atomic E-state index is 12.4. The molecule has 1 saturated carbocycles. The summed E-state index contributed by atoms with van der Waals surface area (Å²) in [6, 6.07) is 12.0. The van der Waals surface area contributed by atoms with E-state index in [1.54, 1.807) is 17.5 Å². The number of para-hydroxylation sites is 1. The number of amides is 1. The van der Waals surface area contributed by atoms with Gasteiger partial charge in [0.15, 0.2) is 0 Å². The van der Waals surface area contributed by atoms with Crippen LogP contribution in [0.3, 0.4) is 0 Å². The van der Waals surface area contributed by atoms with Crippen molar-refractivity contribution in [2.24, 2.45) is 0 Å². The third-order valence-corrected chi connectivity index (χ3v) is 6.47. The van der Waals surface area contributed by atoms with Crippen LogP contribution in [-0.4, -0.2) is 26.4 Å². The summed E-state index contributed by atoms with van der Waals surface area (Å²) in [6.07, 6.45) is 6.63. The van der Waals surface area contributed by atoms with Gasteiger partial charge in [-0.2, -0.15) is 5.10 Å². The van der Waals surface area contributed by atoms with E-state index in [2.05, 4.69) is 10.3 Å². The molecule has 0 aliphatic heterocycles. The Morgan fingerprint density at radius 2 is 2.08 bits per heavy atom. The number of rotatable bonds is 6. The van der Waals surface area contributed by atoms with Crippen LogP contribution in [0.5, 0.6) is 0 Å². The van der Waals surface area contributed by atoms with Crippen LogP contribution in [0.1, 0.15) is 37.3 Å². The van der Waals surface area contributed by atoms with Gasteiger partial charge >= 0.3 is 0 Å². The van der Waals surface area contributed by atoms with Gasteiger partial charge in [0, 0.05) is 23.6 Å². The predicted molar refractivity (Wildman–Crippen MR) is 106 cm³/mol. The van der Waals surface area contributed by atoms with Crippen LogP contribution in [0, 0.1) is 0 Å². The third kappa shape index (κ3) is 3.99. The van der Waals surface area contributed by atoms with Crippen molar-refractivity contribution < 1.29 is 4.79 Å². The molecule has 0 bridgehead atoms. The monoisotopic (exact) mass is 384 g/mol. The fourth-order valence-electron chi connectivity index (χ4n) is 3.26. The van der Waals surface area contributed by atoms with E-state index in [4.69, 9.17) is 5.10 Å². The minimum atomic E-state index is -0.0414. The highest BCUT2D eigenvalue weighted by molar-refractivity contribution is 8.01. The summed E-state index contributed by atoms with van der Waals surface area (Å²) in [5.74, 6) is 1.54. The molecule has 0 atom stereocenters. The summed E-state index contributed by atoms with van der Waals surface area (Å²) in [5, 5.41) is 9.76. The minimum Gasteiger partial charge on any atom is -0.310 e. The predicted octanol–water partition coefficient (Wildman–Crippen LogP) is 4.72. The molecule has 1 aromatic carbocycles. The Morgan fingerprint density at radius 3 is 2.81 bits per heavy atom. The molecular weight excluding hydrogens is 364 g/mol. The first-order chi connectivity index (χ1) is 12.8. The highest BCUT2D eigenvalue weighted by Gasteiger charge is 2.22. The van der Waals surface area contributed by atoms with Crippen molar-refractivity contribution in [3.63, 3.8) is 0 Å². The highest BCUT2D eigenvalue weighted by Crippen LogP contribution is 2.35. The summed E-state index contributed by atoms with van der Waals surface area (Å²) in [5.41, 5.74) is 2.04. The molecular formula is C19H20N4OS2. The van der Waals surface area contributed by atoms with E-state index in [9.17, 15) is 4.79 Å². The van der Waals surface area contributed by atoms with Crippen molar-refractivity contribution in [3.05, 3.63) is 53.7 Å². The van der Waals surface area contributed by atoms with Crippen LogP contribution in [0.4, 0.5) is 5.82 Å². The summed E-state index contributed by atoms with van der Waals surface area (Å²) < 4.78 is 2.75. The number of nitrogens with one attached hydrogen (secondary N) is 1. The zero-order valence-corrected chi connectivity index (χ0v) is 15.9. The van der Waals surface area contributed by atoms with Crippen molar-refractivity contribution in [2.45, 2.75) is 35.9 Å². The van der Waals surface area contributed by atoms with Crippen molar-refractivity contribution in [1.82, 2.24) is 14.8 Å². The molecule has 3 aromatic rings. The Labute approximate surface area is 160 Å². The lowest BCUT2D eigenvalue weighted by molar-refractivity contribution is -0.113. The van der Waals surface area contributed by atoms with Gasteiger partial charge in [-0.3, -0.25) is 4.79 Å². The van der Waals surface area contributed by atoms with Crippen LogP contribution in [-0.2, 0) is 4.79 Å². The smallest absolute Gasteiger partial charge is 0.235 e. The largest absolute Gasteiger partial charge is 0.310 e. The van der Waals surface area contributed by atoms with Gasteiger partial charge in [-0.15, -0.1) is 11.3 Å². The Hall–Kier alpha value is -2.12. The molecule has 1 fully saturated rings. The standard InChI is InChI=1S/C19H20N4OS2/c24-18(13-26-19-20-10-11-25-19)21-17-12-16(14-6-4-5-7-14)22-23(17)15-8-2-1-3-9-15/h1-3,8-12,14H,4-7,13H2,(H,21,24). The van der Waals surface area contributed by atoms with E-state index < -0.39 is 0 Å². The van der Waals surface area contributed by atoms with Gasteiger partial charge in [-0.25, -0.2) is 9.67 Å². The second-order valence-corrected chi connectivity index (χ2v) is 8.44. The summed E-state index contributed by atoms with van der Waals surface area (Å²) >= 11 is 3.00. The lowest BCUT2D eigenvalue weighted by Gasteiger charge is -2.08. The van der Waals surface area contributed by atoms with Gasteiger partial charge in [-0.1, -0.05) is 42.8 Å². The number of hydrogen-bond donors (Lipinski definition) is 1. The Bertz CT molecular complexity index is 855. The van der Waals surface area contributed by atoms with E-state index in [0.29, 0.717) is 11.7 Å². The number of hydrogen-bond acceptors (Lipinski definition) is 5. The van der Waals surface area contributed by atoms with Crippen LogP contribution < -0.4 is 5.32 Å². The number of nitrogens with zero attached hydrogens (tertiary/aromatic N) is 3. The van der Waals surface area contributed by atoms with Gasteiger partial charge in [0.05, 0.1) is 17.1 Å². The number of benzene rings is 1. The third-order valence-electron chi connectivity index (χ3n) is 4.51. The Balaban J connectivity index is 1.54. The van der Waals surface area contributed by atoms with Crippen LogP contribution in [0.15, 0.2) is 52.3 Å². The first-order valence-corrected chi connectivity index (χ1v) is 10.6. The number of thioether (sulfide) groups is 1. The zero-order chi connectivity index (χ0) is 17.8. The molecule has 26 heavy (non-hydrogen) atoms. The maximum Gasteiger partial charge on any atom is 0.235 e. The zero-order valence-electron chi connectivity index (χ0n) is 14.3. The average Bonchev–Trinajstić information content (AvgIpc) is 3.42. The molecule has 1 aliphatic rings. The van der Waals surface area contributed by atoms with Crippen molar-refractivity contribution in [1.29, 1.82) is 0 Å². The SMILES string of the molecule is O=C(CSc1nccs1)Nc1cc(C2CCCC2)nn1-c1ccccc1. The van der Waals surface area contributed by atoms with Crippen LogP contribution in [0.2, 0.25) is 0 Å². The maximum absolute atomic E-state index is 12.4. The molecule has 5 nitrogen and oxygen atoms in total. The lowest BCUT2D eigenvalue weighted by Crippen LogP contribution is -2.16. The van der Waals surface area contributed by atoms with E-state index >= 15 is 0 Å². The van der Waals surface area contributed by atoms with Gasteiger partial charge in [0.25, 0.3) is 0 Å².